The van der Waals surface area contributed by atoms with Gasteiger partial charge in [0.2, 0.25) is 0 Å². The van der Waals surface area contributed by atoms with Crippen LogP contribution in [0.25, 0.3) is 11.1 Å². The summed E-state index contributed by atoms with van der Waals surface area (Å²) in [5.74, 6) is 14.6. The van der Waals surface area contributed by atoms with E-state index in [1.165, 1.54) is 43.8 Å². The zero-order valence-corrected chi connectivity index (χ0v) is 27.9. The minimum absolute atomic E-state index is 0.116. The van der Waals surface area contributed by atoms with Gasteiger partial charge in [-0.2, -0.15) is 0 Å². The molecule has 0 saturated heterocycles. The molecule has 4 aromatic carbocycles. The van der Waals surface area contributed by atoms with Crippen molar-refractivity contribution in [1.29, 1.82) is 0 Å². The zero-order chi connectivity index (χ0) is 30.8. The predicted molar refractivity (Wildman–Crippen MR) is 188 cm³/mol. The van der Waals surface area contributed by atoms with Crippen molar-refractivity contribution in [3.8, 4) is 23.7 Å². The molecule has 0 bridgehead atoms. The Morgan fingerprint density at radius 2 is 0.744 bits per heavy atom. The summed E-state index contributed by atoms with van der Waals surface area (Å²) in [6.45, 7) is 18.3. The Hall–Kier alpha value is -4.30. The Balaban J connectivity index is 1.69. The fourth-order valence-electron chi connectivity index (χ4n) is 5.60. The normalized spacial score (nSPS) is 14.6. The van der Waals surface area contributed by atoms with Crippen LogP contribution in [-0.2, 0) is 10.8 Å². The molecule has 4 aromatic rings. The van der Waals surface area contributed by atoms with E-state index in [9.17, 15) is 0 Å². The maximum Gasteiger partial charge on any atom is 0.135 e. The van der Waals surface area contributed by atoms with Crippen LogP contribution in [0, 0.1) is 23.7 Å². The van der Waals surface area contributed by atoms with Gasteiger partial charge < -0.3 is 0 Å². The second-order valence-electron chi connectivity index (χ2n) is 14.0. The Labute approximate surface area is 260 Å². The van der Waals surface area contributed by atoms with Gasteiger partial charge in [-0.25, -0.2) is 0 Å². The largest absolute Gasteiger partial charge is 0.135 e. The molecule has 214 valence electrons. The van der Waals surface area contributed by atoms with Crippen LogP contribution in [0.5, 0.6) is 0 Å². The number of allylic oxidation sites excluding steroid dienone is 4. The standard InChI is InChI=1S/C42H42Si/c1-41(2,3)35-25-19-31(20-26-35)23-29-37-39(33-15-11-9-12-16-33)40(34-17-13-10-14-18-34)38(43(37,7)8)30-24-32-21-27-36(28-22-32)42(4,5)6/h9-22,25-28H,1-8H3. The molecular weight excluding hydrogens is 533 g/mol. The molecule has 0 aromatic heterocycles. The summed E-state index contributed by atoms with van der Waals surface area (Å²) in [5, 5.41) is 2.48. The third-order valence-electron chi connectivity index (χ3n) is 8.29. The molecule has 0 spiro atoms. The fourth-order valence-corrected chi connectivity index (χ4v) is 8.39. The molecule has 1 aliphatic heterocycles. The third-order valence-corrected chi connectivity index (χ3v) is 11.5. The summed E-state index contributed by atoms with van der Waals surface area (Å²) in [7, 11) is -2.27. The molecule has 5 rings (SSSR count). The van der Waals surface area contributed by atoms with Crippen LogP contribution < -0.4 is 0 Å². The van der Waals surface area contributed by atoms with Crippen molar-refractivity contribution in [1.82, 2.24) is 0 Å². The van der Waals surface area contributed by atoms with Crippen LogP contribution in [-0.4, -0.2) is 8.07 Å². The van der Waals surface area contributed by atoms with E-state index in [-0.39, 0.29) is 10.8 Å². The maximum atomic E-state index is 3.73. The first kappa shape index (κ1) is 30.2. The lowest BCUT2D eigenvalue weighted by molar-refractivity contribution is 0.590. The van der Waals surface area contributed by atoms with Gasteiger partial charge in [0.05, 0.1) is 0 Å². The highest BCUT2D eigenvalue weighted by molar-refractivity contribution is 6.96. The van der Waals surface area contributed by atoms with Crippen molar-refractivity contribution in [3.63, 3.8) is 0 Å². The van der Waals surface area contributed by atoms with E-state index >= 15 is 0 Å². The van der Waals surface area contributed by atoms with Crippen molar-refractivity contribution >= 4 is 19.2 Å². The average Bonchev–Trinajstić information content (AvgIpc) is 3.21. The quantitative estimate of drug-likeness (QED) is 0.165. The van der Waals surface area contributed by atoms with E-state index in [1.807, 2.05) is 0 Å². The Bertz CT molecular complexity index is 1660. The van der Waals surface area contributed by atoms with Gasteiger partial charge in [0.1, 0.15) is 8.07 Å². The third kappa shape index (κ3) is 6.54. The van der Waals surface area contributed by atoms with Crippen molar-refractivity contribution in [2.75, 3.05) is 0 Å². The molecule has 1 aliphatic rings. The molecule has 0 fully saturated rings. The summed E-state index contributed by atoms with van der Waals surface area (Å²) >= 11 is 0. The first-order chi connectivity index (χ1) is 20.4. The van der Waals surface area contributed by atoms with Crippen LogP contribution in [0.3, 0.4) is 0 Å². The molecular formula is C42H42Si. The van der Waals surface area contributed by atoms with Gasteiger partial charge >= 0.3 is 0 Å². The van der Waals surface area contributed by atoms with Crippen molar-refractivity contribution < 1.29 is 0 Å². The van der Waals surface area contributed by atoms with Gasteiger partial charge in [-0.15, -0.1) is 0 Å². The monoisotopic (exact) mass is 574 g/mol. The minimum atomic E-state index is -2.27. The lowest BCUT2D eigenvalue weighted by atomic mass is 9.87. The summed E-state index contributed by atoms with van der Waals surface area (Å²) in [6, 6.07) is 39.0. The number of rotatable bonds is 2. The van der Waals surface area contributed by atoms with Crippen molar-refractivity contribution in [3.05, 3.63) is 153 Å². The van der Waals surface area contributed by atoms with Gasteiger partial charge in [0.15, 0.2) is 0 Å². The first-order valence-corrected chi connectivity index (χ1v) is 18.2. The second-order valence-corrected chi connectivity index (χ2v) is 18.3. The molecule has 43 heavy (non-hydrogen) atoms. The molecule has 0 aliphatic carbocycles. The van der Waals surface area contributed by atoms with Crippen LogP contribution in [0.4, 0.5) is 0 Å². The highest BCUT2D eigenvalue weighted by atomic mass is 28.3. The van der Waals surface area contributed by atoms with E-state index in [2.05, 4.69) is 188 Å². The van der Waals surface area contributed by atoms with Crippen LogP contribution in [0.2, 0.25) is 13.1 Å². The number of hydrogen-bond donors (Lipinski definition) is 0. The summed E-state index contributed by atoms with van der Waals surface area (Å²) < 4.78 is 0. The number of hydrogen-bond acceptors (Lipinski definition) is 0. The Morgan fingerprint density at radius 1 is 0.419 bits per heavy atom. The Morgan fingerprint density at radius 3 is 1.05 bits per heavy atom. The van der Waals surface area contributed by atoms with E-state index < -0.39 is 8.07 Å². The summed E-state index contributed by atoms with van der Waals surface area (Å²) in [6.07, 6.45) is 0. The van der Waals surface area contributed by atoms with Gasteiger partial charge in [-0.1, -0.05) is 163 Å². The topological polar surface area (TPSA) is 0 Å². The van der Waals surface area contributed by atoms with Gasteiger partial charge in [0, 0.05) is 21.5 Å². The van der Waals surface area contributed by atoms with Gasteiger partial charge in [-0.3, -0.25) is 0 Å². The van der Waals surface area contributed by atoms with Crippen molar-refractivity contribution in [2.45, 2.75) is 65.5 Å². The lowest BCUT2D eigenvalue weighted by Crippen LogP contribution is -2.29. The summed E-state index contributed by atoms with van der Waals surface area (Å²) in [5.41, 5.74) is 9.80. The molecule has 0 nitrogen and oxygen atoms in total. The maximum absolute atomic E-state index is 3.73. The molecule has 0 saturated carbocycles. The predicted octanol–water partition coefficient (Wildman–Crippen LogP) is 10.4. The number of benzene rings is 4. The summed E-state index contributed by atoms with van der Waals surface area (Å²) in [4.78, 5) is 0. The molecule has 0 unspecified atom stereocenters. The SMILES string of the molecule is CC(C)(C)c1ccc(C#CC2=C(c3ccccc3)C(c3ccccc3)=C(C#Cc3ccc(C(C)(C)C)cc3)[Si]2(C)C)cc1. The van der Waals surface area contributed by atoms with E-state index in [0.717, 1.165) is 11.1 Å². The fraction of sp³-hybridized carbons (Fsp3) is 0.238. The smallest absolute Gasteiger partial charge is 0.0696 e. The van der Waals surface area contributed by atoms with Crippen LogP contribution in [0.1, 0.15) is 74.9 Å². The molecule has 1 heteroatoms. The van der Waals surface area contributed by atoms with E-state index in [1.54, 1.807) is 0 Å². The molecule has 0 N–H and O–H groups in total. The minimum Gasteiger partial charge on any atom is -0.0696 e. The van der Waals surface area contributed by atoms with Crippen LogP contribution in [0.15, 0.2) is 120 Å². The molecule has 0 radical (unpaired) electrons. The van der Waals surface area contributed by atoms with Crippen molar-refractivity contribution in [2.24, 2.45) is 0 Å². The van der Waals surface area contributed by atoms with Gasteiger partial charge in [-0.05, 0) is 68.5 Å². The average molecular weight is 575 g/mol. The molecule has 1 heterocycles. The molecule has 0 atom stereocenters. The highest BCUT2D eigenvalue weighted by Crippen LogP contribution is 2.48. The Kier molecular flexibility index (Phi) is 8.25. The highest BCUT2D eigenvalue weighted by Gasteiger charge is 2.41. The molecule has 0 amide bonds. The van der Waals surface area contributed by atoms with E-state index in [4.69, 9.17) is 0 Å². The zero-order valence-electron chi connectivity index (χ0n) is 26.9. The van der Waals surface area contributed by atoms with E-state index in [0.29, 0.717) is 0 Å². The first-order valence-electron chi connectivity index (χ1n) is 15.2. The van der Waals surface area contributed by atoms with Crippen LogP contribution >= 0.6 is 0 Å². The lowest BCUT2D eigenvalue weighted by Gasteiger charge is -2.19. The second kappa shape index (κ2) is 11.8. The van der Waals surface area contributed by atoms with Gasteiger partial charge in [0.25, 0.3) is 0 Å².